The molecular formula is C21H22N4O5S. The lowest BCUT2D eigenvalue weighted by Gasteiger charge is -2.06. The van der Waals surface area contributed by atoms with Crippen LogP contribution in [0.25, 0.3) is 0 Å². The summed E-state index contributed by atoms with van der Waals surface area (Å²) in [5.41, 5.74) is 2.05. The number of amides is 2. The Balaban J connectivity index is 1.55. The predicted octanol–water partition coefficient (Wildman–Crippen LogP) is 2.33. The van der Waals surface area contributed by atoms with Gasteiger partial charge in [-0.2, -0.15) is 5.10 Å². The van der Waals surface area contributed by atoms with Crippen LogP contribution in [0.4, 0.5) is 11.4 Å². The summed E-state index contributed by atoms with van der Waals surface area (Å²) >= 11 is 0. The average molecular weight is 442 g/mol. The number of rotatable bonds is 8. The number of ether oxygens (including phenoxy) is 1. The maximum atomic E-state index is 12.4. The zero-order valence-corrected chi connectivity index (χ0v) is 17.8. The summed E-state index contributed by atoms with van der Waals surface area (Å²) in [4.78, 5) is 24.6. The Labute approximate surface area is 180 Å². The lowest BCUT2D eigenvalue weighted by atomic mass is 10.1. The van der Waals surface area contributed by atoms with Gasteiger partial charge in [-0.3, -0.25) is 14.3 Å². The van der Waals surface area contributed by atoms with E-state index in [9.17, 15) is 18.0 Å². The normalized spacial score (nSPS) is 11.0. The van der Waals surface area contributed by atoms with Crippen molar-refractivity contribution in [1.82, 2.24) is 9.78 Å². The van der Waals surface area contributed by atoms with Gasteiger partial charge < -0.3 is 15.4 Å². The summed E-state index contributed by atoms with van der Waals surface area (Å²) < 4.78 is 29.2. The second-order valence-corrected chi connectivity index (χ2v) is 9.06. The third-order valence-electron chi connectivity index (χ3n) is 4.22. The molecule has 1 aromatic heterocycles. The molecule has 0 atom stereocenters. The standard InChI is InChI=1S/C21H22N4O5S/c1-30-19-9-7-17(8-10-19)23-20(26)13-25-12-18(11-22-25)24-21(27)16-5-3-15(4-6-16)14-31(2,28)29/h3-12H,13-14H2,1-2H3,(H,23,26)(H,24,27). The van der Waals surface area contributed by atoms with Crippen molar-refractivity contribution in [2.45, 2.75) is 12.3 Å². The molecule has 2 aromatic carbocycles. The first kappa shape index (κ1) is 22.0. The molecule has 3 rings (SSSR count). The van der Waals surface area contributed by atoms with E-state index >= 15 is 0 Å². The van der Waals surface area contributed by atoms with Crippen molar-refractivity contribution in [1.29, 1.82) is 0 Å². The number of sulfone groups is 1. The number of anilines is 2. The maximum absolute atomic E-state index is 12.4. The Kier molecular flexibility index (Phi) is 6.71. The van der Waals surface area contributed by atoms with Crippen LogP contribution in [0.2, 0.25) is 0 Å². The lowest BCUT2D eigenvalue weighted by molar-refractivity contribution is -0.116. The predicted molar refractivity (Wildman–Crippen MR) is 117 cm³/mol. The molecule has 0 bridgehead atoms. The molecule has 0 radical (unpaired) electrons. The average Bonchev–Trinajstić information content (AvgIpc) is 3.14. The van der Waals surface area contributed by atoms with Gasteiger partial charge in [0.2, 0.25) is 5.91 Å². The molecule has 0 fully saturated rings. The Bertz CT molecular complexity index is 1170. The van der Waals surface area contributed by atoms with Crippen molar-refractivity contribution in [3.63, 3.8) is 0 Å². The van der Waals surface area contributed by atoms with Crippen LogP contribution < -0.4 is 15.4 Å². The van der Waals surface area contributed by atoms with Crippen molar-refractivity contribution in [3.8, 4) is 5.75 Å². The Morgan fingerprint density at radius 1 is 1.00 bits per heavy atom. The number of hydrogen-bond donors (Lipinski definition) is 2. The number of aromatic nitrogens is 2. The highest BCUT2D eigenvalue weighted by atomic mass is 32.2. The van der Waals surface area contributed by atoms with Gasteiger partial charge in [-0.25, -0.2) is 8.42 Å². The molecule has 0 aliphatic heterocycles. The number of benzene rings is 2. The van der Waals surface area contributed by atoms with E-state index in [1.807, 2.05) is 0 Å². The first-order chi connectivity index (χ1) is 14.7. The van der Waals surface area contributed by atoms with E-state index in [4.69, 9.17) is 4.74 Å². The van der Waals surface area contributed by atoms with Gasteiger partial charge in [-0.15, -0.1) is 0 Å². The number of hydrogen-bond acceptors (Lipinski definition) is 6. The van der Waals surface area contributed by atoms with Gasteiger partial charge in [0.25, 0.3) is 5.91 Å². The number of methoxy groups -OCH3 is 1. The fraction of sp³-hybridized carbons (Fsp3) is 0.190. The Morgan fingerprint density at radius 3 is 2.29 bits per heavy atom. The topological polar surface area (TPSA) is 119 Å². The van der Waals surface area contributed by atoms with Crippen LogP contribution in [0.15, 0.2) is 60.9 Å². The van der Waals surface area contributed by atoms with Gasteiger partial charge >= 0.3 is 0 Å². The van der Waals surface area contributed by atoms with Gasteiger partial charge in [0, 0.05) is 23.7 Å². The molecule has 0 saturated carbocycles. The van der Waals surface area contributed by atoms with Crippen molar-refractivity contribution in [2.24, 2.45) is 0 Å². The molecule has 0 spiro atoms. The van der Waals surface area contributed by atoms with Crippen molar-refractivity contribution in [3.05, 3.63) is 72.1 Å². The number of nitrogens with one attached hydrogen (secondary N) is 2. The molecular weight excluding hydrogens is 420 g/mol. The first-order valence-corrected chi connectivity index (χ1v) is 11.3. The monoisotopic (exact) mass is 442 g/mol. The summed E-state index contributed by atoms with van der Waals surface area (Å²) in [6, 6.07) is 13.3. The SMILES string of the molecule is COc1ccc(NC(=O)Cn2cc(NC(=O)c3ccc(CS(C)(=O)=O)cc3)cn2)cc1. The van der Waals surface area contributed by atoms with Crippen LogP contribution in [-0.4, -0.2) is 43.4 Å². The highest BCUT2D eigenvalue weighted by molar-refractivity contribution is 7.89. The van der Waals surface area contributed by atoms with Gasteiger partial charge in [0.05, 0.1) is 24.7 Å². The van der Waals surface area contributed by atoms with E-state index in [2.05, 4.69) is 15.7 Å². The van der Waals surface area contributed by atoms with Crippen LogP contribution in [-0.2, 0) is 26.9 Å². The van der Waals surface area contributed by atoms with Gasteiger partial charge in [-0.05, 0) is 42.0 Å². The second-order valence-electron chi connectivity index (χ2n) is 6.92. The van der Waals surface area contributed by atoms with Crippen LogP contribution in [0.1, 0.15) is 15.9 Å². The third kappa shape index (κ3) is 6.68. The van der Waals surface area contributed by atoms with Gasteiger partial charge in [0.1, 0.15) is 12.3 Å². The number of carbonyl (C=O) groups is 2. The summed E-state index contributed by atoms with van der Waals surface area (Å²) in [5, 5.41) is 9.53. The maximum Gasteiger partial charge on any atom is 0.255 e. The highest BCUT2D eigenvalue weighted by Crippen LogP contribution is 2.15. The minimum atomic E-state index is -3.14. The lowest BCUT2D eigenvalue weighted by Crippen LogP contribution is -2.19. The molecule has 10 heteroatoms. The number of carbonyl (C=O) groups excluding carboxylic acids is 2. The molecule has 3 aromatic rings. The Morgan fingerprint density at radius 2 is 1.68 bits per heavy atom. The minimum Gasteiger partial charge on any atom is -0.497 e. The van der Waals surface area contributed by atoms with E-state index in [1.165, 1.54) is 10.9 Å². The molecule has 162 valence electrons. The molecule has 0 saturated heterocycles. The van der Waals surface area contributed by atoms with Gasteiger partial charge in [0.15, 0.2) is 9.84 Å². The summed E-state index contributed by atoms with van der Waals surface area (Å²) in [5.74, 6) is -0.0310. The quantitative estimate of drug-likeness (QED) is 0.553. The molecule has 2 N–H and O–H groups in total. The molecule has 0 aliphatic rings. The van der Waals surface area contributed by atoms with E-state index < -0.39 is 9.84 Å². The number of nitrogens with zero attached hydrogens (tertiary/aromatic N) is 2. The summed E-state index contributed by atoms with van der Waals surface area (Å²) in [7, 11) is -1.57. The third-order valence-corrected chi connectivity index (χ3v) is 5.07. The summed E-state index contributed by atoms with van der Waals surface area (Å²) in [6.07, 6.45) is 4.14. The first-order valence-electron chi connectivity index (χ1n) is 9.26. The molecule has 9 nitrogen and oxygen atoms in total. The van der Waals surface area contributed by atoms with Crippen LogP contribution in [0.3, 0.4) is 0 Å². The second kappa shape index (κ2) is 9.43. The summed E-state index contributed by atoms with van der Waals surface area (Å²) in [6.45, 7) is -0.0257. The van der Waals surface area contributed by atoms with E-state index in [-0.39, 0.29) is 24.1 Å². The largest absolute Gasteiger partial charge is 0.497 e. The molecule has 1 heterocycles. The smallest absolute Gasteiger partial charge is 0.255 e. The van der Waals surface area contributed by atoms with E-state index in [1.54, 1.807) is 61.8 Å². The minimum absolute atomic E-state index is 0.0257. The van der Waals surface area contributed by atoms with E-state index in [0.717, 1.165) is 6.26 Å². The highest BCUT2D eigenvalue weighted by Gasteiger charge is 2.11. The van der Waals surface area contributed by atoms with Crippen LogP contribution in [0.5, 0.6) is 5.75 Å². The van der Waals surface area contributed by atoms with Gasteiger partial charge in [-0.1, -0.05) is 12.1 Å². The van der Waals surface area contributed by atoms with Crippen LogP contribution in [0, 0.1) is 0 Å². The molecule has 0 aliphatic carbocycles. The van der Waals surface area contributed by atoms with Crippen molar-refractivity contribution in [2.75, 3.05) is 24.0 Å². The van der Waals surface area contributed by atoms with E-state index in [0.29, 0.717) is 28.3 Å². The zero-order chi connectivity index (χ0) is 22.4. The Hall–Kier alpha value is -3.66. The molecule has 31 heavy (non-hydrogen) atoms. The molecule has 2 amide bonds. The van der Waals surface area contributed by atoms with Crippen LogP contribution >= 0.6 is 0 Å². The fourth-order valence-electron chi connectivity index (χ4n) is 2.79. The van der Waals surface area contributed by atoms with Crippen molar-refractivity contribution < 1.29 is 22.7 Å². The fourth-order valence-corrected chi connectivity index (χ4v) is 3.59. The zero-order valence-electron chi connectivity index (χ0n) is 17.0. The van der Waals surface area contributed by atoms with Crippen molar-refractivity contribution >= 4 is 33.0 Å². The molecule has 0 unspecified atom stereocenters.